The molecular weight excluding hydrogens is 533 g/mol. The van der Waals surface area contributed by atoms with E-state index in [2.05, 4.69) is 20.9 Å². The number of hydrogen-bond donors (Lipinski definition) is 1. The molecule has 33 heavy (non-hydrogen) atoms. The Hall–Kier alpha value is -2.33. The fraction of sp³-hybridized carbons (Fsp3) is 0.318. The zero-order valence-corrected chi connectivity index (χ0v) is 21.5. The van der Waals surface area contributed by atoms with E-state index in [9.17, 15) is 9.59 Å². The maximum atomic E-state index is 12.8. The number of amides is 2. The van der Waals surface area contributed by atoms with Gasteiger partial charge in [0.05, 0.1) is 22.9 Å². The summed E-state index contributed by atoms with van der Waals surface area (Å²) in [6.45, 7) is 3.86. The molecule has 3 aromatic rings. The van der Waals surface area contributed by atoms with E-state index in [-0.39, 0.29) is 31.5 Å². The molecule has 2 N–H and O–H groups in total. The van der Waals surface area contributed by atoms with Gasteiger partial charge in [-0.05, 0) is 54.0 Å². The Morgan fingerprint density at radius 3 is 2.64 bits per heavy atom. The van der Waals surface area contributed by atoms with Crippen LogP contribution < -0.4 is 15.4 Å². The van der Waals surface area contributed by atoms with Gasteiger partial charge in [0, 0.05) is 30.4 Å². The number of halogens is 3. The van der Waals surface area contributed by atoms with Crippen molar-refractivity contribution in [1.29, 1.82) is 0 Å². The zero-order valence-electron chi connectivity index (χ0n) is 18.4. The van der Waals surface area contributed by atoms with E-state index < -0.39 is 0 Å². The van der Waals surface area contributed by atoms with Gasteiger partial charge in [0.15, 0.2) is 11.4 Å². The highest BCUT2D eigenvalue weighted by molar-refractivity contribution is 9.10. The van der Waals surface area contributed by atoms with Gasteiger partial charge >= 0.3 is 0 Å². The van der Waals surface area contributed by atoms with Crippen molar-refractivity contribution in [1.82, 2.24) is 14.3 Å². The molecule has 0 unspecified atom stereocenters. The Bertz CT molecular complexity index is 1200. The molecule has 2 amide bonds. The van der Waals surface area contributed by atoms with Gasteiger partial charge in [-0.25, -0.2) is 4.98 Å². The highest BCUT2D eigenvalue weighted by atomic mass is 79.9. The maximum absolute atomic E-state index is 12.8. The minimum atomic E-state index is -0.308. The number of nitrogens with two attached hydrogens (primary N) is 1. The number of rotatable bonds is 8. The van der Waals surface area contributed by atoms with Crippen molar-refractivity contribution < 1.29 is 14.3 Å². The molecule has 8 nitrogen and oxygen atoms in total. The Kier molecular flexibility index (Phi) is 8.23. The molecule has 0 radical (unpaired) electrons. The Morgan fingerprint density at radius 1 is 1.24 bits per heavy atom. The molecule has 3 rings (SSSR count). The molecule has 1 aromatic carbocycles. The Balaban J connectivity index is 1.83. The first-order valence-electron chi connectivity index (χ1n) is 10.2. The number of pyridine rings is 1. The van der Waals surface area contributed by atoms with Gasteiger partial charge in [-0.2, -0.15) is 0 Å². The lowest BCUT2D eigenvalue weighted by molar-refractivity contribution is -0.133. The van der Waals surface area contributed by atoms with E-state index in [1.807, 2.05) is 29.7 Å². The molecule has 0 saturated carbocycles. The normalized spacial score (nSPS) is 11.0. The molecule has 0 saturated heterocycles. The molecule has 0 aliphatic heterocycles. The van der Waals surface area contributed by atoms with Crippen LogP contribution in [0.15, 0.2) is 35.1 Å². The van der Waals surface area contributed by atoms with E-state index in [1.54, 1.807) is 26.1 Å². The fourth-order valence-electron chi connectivity index (χ4n) is 3.28. The number of benzene rings is 1. The standard InChI is InChI=1S/C22H24BrCl2N5O3/c1-4-29(18(31)10-26)11-19(32)28(3)16-8-7-15(24)14(20(16)25)12-33-17-6-5-9-30-21(23)13(2)27-22(17)30/h5-9H,4,10-12,26H2,1-3H3. The summed E-state index contributed by atoms with van der Waals surface area (Å²) in [5.41, 5.74) is 7.90. The third-order valence-electron chi connectivity index (χ3n) is 5.22. The smallest absolute Gasteiger partial charge is 0.246 e. The third-order valence-corrected chi connectivity index (χ3v) is 6.96. The summed E-state index contributed by atoms with van der Waals surface area (Å²) < 4.78 is 8.73. The van der Waals surface area contributed by atoms with Crippen molar-refractivity contribution in [3.05, 3.63) is 56.4 Å². The monoisotopic (exact) mass is 555 g/mol. The second kappa shape index (κ2) is 10.7. The van der Waals surface area contributed by atoms with Gasteiger partial charge in [-0.3, -0.25) is 14.0 Å². The van der Waals surface area contributed by atoms with Crippen LogP contribution in [-0.2, 0) is 16.2 Å². The second-order valence-electron chi connectivity index (χ2n) is 7.27. The van der Waals surface area contributed by atoms with Crippen LogP contribution >= 0.6 is 39.1 Å². The minimum Gasteiger partial charge on any atom is -0.485 e. The van der Waals surface area contributed by atoms with Crippen molar-refractivity contribution in [2.24, 2.45) is 5.73 Å². The maximum Gasteiger partial charge on any atom is 0.246 e. The van der Waals surface area contributed by atoms with Crippen LogP contribution in [0.25, 0.3) is 5.65 Å². The average Bonchev–Trinajstić information content (AvgIpc) is 3.10. The SMILES string of the molecule is CCN(CC(=O)N(C)c1ccc(Cl)c(COc2cccn3c(Br)c(C)nc23)c1Cl)C(=O)CN. The van der Waals surface area contributed by atoms with E-state index in [1.165, 1.54) is 9.80 Å². The average molecular weight is 557 g/mol. The summed E-state index contributed by atoms with van der Waals surface area (Å²) in [5, 5.41) is 0.699. The molecule has 0 aliphatic rings. The van der Waals surface area contributed by atoms with Crippen molar-refractivity contribution >= 4 is 62.3 Å². The van der Waals surface area contributed by atoms with Gasteiger partial charge in [0.1, 0.15) is 17.8 Å². The first-order chi connectivity index (χ1) is 15.7. The van der Waals surface area contributed by atoms with Crippen molar-refractivity contribution in [2.75, 3.05) is 31.6 Å². The van der Waals surface area contributed by atoms with Gasteiger partial charge in [0.25, 0.3) is 0 Å². The molecule has 2 heterocycles. The number of aryl methyl sites for hydroxylation is 1. The van der Waals surface area contributed by atoms with Crippen molar-refractivity contribution in [3.8, 4) is 5.75 Å². The topological polar surface area (TPSA) is 93.2 Å². The van der Waals surface area contributed by atoms with Crippen LogP contribution in [-0.4, -0.2) is 52.8 Å². The number of nitrogens with zero attached hydrogens (tertiary/aromatic N) is 4. The van der Waals surface area contributed by atoms with Gasteiger partial charge in [0.2, 0.25) is 11.8 Å². The summed E-state index contributed by atoms with van der Waals surface area (Å²) in [5.74, 6) is -0.0463. The third kappa shape index (κ3) is 5.27. The molecule has 0 spiro atoms. The number of anilines is 1. The highest BCUT2D eigenvalue weighted by Gasteiger charge is 2.22. The predicted molar refractivity (Wildman–Crippen MR) is 133 cm³/mol. The molecule has 0 fully saturated rings. The number of likely N-dealkylation sites (N-methyl/N-ethyl adjacent to an activating group) is 2. The summed E-state index contributed by atoms with van der Waals surface area (Å²) in [6, 6.07) is 6.97. The van der Waals surface area contributed by atoms with Gasteiger partial charge < -0.3 is 20.3 Å². The largest absolute Gasteiger partial charge is 0.485 e. The Morgan fingerprint density at radius 2 is 1.97 bits per heavy atom. The minimum absolute atomic E-state index is 0.0729. The summed E-state index contributed by atoms with van der Waals surface area (Å²) in [4.78, 5) is 32.0. The second-order valence-corrected chi connectivity index (χ2v) is 8.80. The molecule has 11 heteroatoms. The molecule has 2 aromatic heterocycles. The van der Waals surface area contributed by atoms with Crippen LogP contribution in [0.3, 0.4) is 0 Å². The number of carbonyl (C=O) groups excluding carboxylic acids is 2. The highest BCUT2D eigenvalue weighted by Crippen LogP contribution is 2.35. The summed E-state index contributed by atoms with van der Waals surface area (Å²) >= 11 is 16.6. The van der Waals surface area contributed by atoms with E-state index >= 15 is 0 Å². The Labute approximate surface area is 210 Å². The summed E-state index contributed by atoms with van der Waals surface area (Å²) in [7, 11) is 1.59. The number of ether oxygens (including phenoxy) is 1. The number of hydrogen-bond acceptors (Lipinski definition) is 5. The fourth-order valence-corrected chi connectivity index (χ4v) is 4.26. The van der Waals surface area contributed by atoms with Crippen molar-refractivity contribution in [3.63, 3.8) is 0 Å². The number of imidazole rings is 1. The molecule has 0 aliphatic carbocycles. The van der Waals surface area contributed by atoms with E-state index in [0.717, 1.165) is 10.3 Å². The zero-order chi connectivity index (χ0) is 24.3. The first kappa shape index (κ1) is 25.3. The van der Waals surface area contributed by atoms with Crippen LogP contribution in [0, 0.1) is 6.92 Å². The first-order valence-corrected chi connectivity index (χ1v) is 11.7. The van der Waals surface area contributed by atoms with Crippen LogP contribution in [0.2, 0.25) is 10.0 Å². The predicted octanol–water partition coefficient (Wildman–Crippen LogP) is 4.06. The lowest BCUT2D eigenvalue weighted by Crippen LogP contribution is -2.43. The van der Waals surface area contributed by atoms with Crippen molar-refractivity contribution in [2.45, 2.75) is 20.5 Å². The quantitative estimate of drug-likeness (QED) is 0.451. The van der Waals surface area contributed by atoms with Gasteiger partial charge in [-0.15, -0.1) is 0 Å². The number of aromatic nitrogens is 2. The number of fused-ring (bicyclic) bond motifs is 1. The molecule has 0 atom stereocenters. The van der Waals surface area contributed by atoms with Crippen LogP contribution in [0.5, 0.6) is 5.75 Å². The molecular formula is C22H24BrCl2N5O3. The molecule has 0 bridgehead atoms. The number of carbonyl (C=O) groups is 2. The summed E-state index contributed by atoms with van der Waals surface area (Å²) in [6.07, 6.45) is 1.88. The lowest BCUT2D eigenvalue weighted by atomic mass is 10.2. The van der Waals surface area contributed by atoms with Gasteiger partial charge in [-0.1, -0.05) is 23.2 Å². The van der Waals surface area contributed by atoms with E-state index in [4.69, 9.17) is 33.7 Å². The van der Waals surface area contributed by atoms with E-state index in [0.29, 0.717) is 39.2 Å². The van der Waals surface area contributed by atoms with Crippen LogP contribution in [0.1, 0.15) is 18.2 Å². The van der Waals surface area contributed by atoms with Crippen LogP contribution in [0.4, 0.5) is 5.69 Å². The molecule has 176 valence electrons. The lowest BCUT2D eigenvalue weighted by Gasteiger charge is -2.25.